The maximum Gasteiger partial charge on any atom is 0.155 e. The lowest BCUT2D eigenvalue weighted by molar-refractivity contribution is 0.439. The number of benzene rings is 9. The van der Waals surface area contributed by atoms with Crippen LogP contribution in [0.15, 0.2) is 234 Å². The highest BCUT2D eigenvalue weighted by molar-refractivity contribution is 6.14. The van der Waals surface area contributed by atoms with E-state index in [9.17, 15) is 0 Å². The Kier molecular flexibility index (Phi) is 9.98. The molecule has 322 valence electrons. The lowest BCUT2D eigenvalue weighted by Gasteiger charge is -2.48. The Balaban J connectivity index is 1.04. The smallest absolute Gasteiger partial charge is 0.155 e. The van der Waals surface area contributed by atoms with Crippen molar-refractivity contribution in [1.29, 1.82) is 0 Å². The first-order chi connectivity index (χ1) is 33.1. The van der Waals surface area contributed by atoms with Gasteiger partial charge in [0.05, 0.1) is 45.5 Å². The lowest BCUT2D eigenvalue weighted by atomic mass is 9.61. The Labute approximate surface area is 391 Å². The van der Waals surface area contributed by atoms with Gasteiger partial charge in [-0.25, -0.2) is 4.99 Å². The number of para-hydroxylation sites is 5. The van der Waals surface area contributed by atoms with Crippen LogP contribution < -0.4 is 9.64 Å². The van der Waals surface area contributed by atoms with Crippen LogP contribution in [0.1, 0.15) is 59.2 Å². The van der Waals surface area contributed by atoms with Gasteiger partial charge < -0.3 is 14.2 Å². The predicted molar refractivity (Wildman–Crippen MR) is 277 cm³/mol. The van der Waals surface area contributed by atoms with E-state index in [0.717, 1.165) is 102 Å². The van der Waals surface area contributed by atoms with E-state index in [1.54, 1.807) is 0 Å². The van der Waals surface area contributed by atoms with Crippen molar-refractivity contribution in [2.75, 3.05) is 4.90 Å². The summed E-state index contributed by atoms with van der Waals surface area (Å²) in [4.78, 5) is 13.0. The molecule has 67 heavy (non-hydrogen) atoms. The summed E-state index contributed by atoms with van der Waals surface area (Å²) in [6, 6.07) is 80.2. The molecule has 0 N–H and O–H groups in total. The molecule has 5 nitrogen and oxygen atoms in total. The molecule has 0 aliphatic carbocycles. The molecule has 1 aromatic heterocycles. The quantitative estimate of drug-likeness (QED) is 0.113. The fourth-order valence-corrected chi connectivity index (χ4v) is 10.6. The number of anilines is 3. The van der Waals surface area contributed by atoms with Crippen molar-refractivity contribution in [3.63, 3.8) is 0 Å². The van der Waals surface area contributed by atoms with Gasteiger partial charge in [0.25, 0.3) is 0 Å². The molecule has 0 radical (unpaired) electrons. The fraction of sp³-hybridized carbons (Fsp3) is 0.0968. The molecule has 2 aliphatic rings. The second-order valence-corrected chi connectivity index (χ2v) is 17.6. The highest BCUT2D eigenvalue weighted by Gasteiger charge is 2.51. The number of amidine groups is 1. The highest BCUT2D eigenvalue weighted by atomic mass is 16.5. The third kappa shape index (κ3) is 6.53. The minimum atomic E-state index is -0.674. The Hall–Kier alpha value is -8.28. The Morgan fingerprint density at radius 3 is 1.85 bits per heavy atom. The predicted octanol–water partition coefficient (Wildman–Crippen LogP) is 15.5. The van der Waals surface area contributed by atoms with Crippen LogP contribution in [-0.2, 0) is 12.0 Å². The molecule has 3 heterocycles. The van der Waals surface area contributed by atoms with Gasteiger partial charge in [0.15, 0.2) is 5.84 Å². The molecule has 1 unspecified atom stereocenters. The number of fused-ring (bicyclic) bond motifs is 12. The Morgan fingerprint density at radius 2 is 1.13 bits per heavy atom. The third-order valence-electron chi connectivity index (χ3n) is 13.8. The average Bonchev–Trinajstić information content (AvgIpc) is 3.74. The molecule has 0 amide bonds. The summed E-state index contributed by atoms with van der Waals surface area (Å²) in [5.74, 6) is 2.74. The maximum atomic E-state index is 7.28. The lowest BCUT2D eigenvalue weighted by Crippen LogP contribution is -2.39. The van der Waals surface area contributed by atoms with Crippen molar-refractivity contribution in [3.05, 3.63) is 263 Å². The van der Waals surface area contributed by atoms with Crippen LogP contribution in [0.2, 0.25) is 0 Å². The van der Waals surface area contributed by atoms with E-state index < -0.39 is 5.41 Å². The van der Waals surface area contributed by atoms with Crippen LogP contribution in [-0.4, -0.2) is 16.1 Å². The van der Waals surface area contributed by atoms with Crippen LogP contribution >= 0.6 is 0 Å². The summed E-state index contributed by atoms with van der Waals surface area (Å²) in [6.07, 6.45) is 0.978. The van der Waals surface area contributed by atoms with E-state index in [2.05, 4.69) is 242 Å². The molecule has 0 fully saturated rings. The van der Waals surface area contributed by atoms with E-state index in [1.165, 1.54) is 11.1 Å². The first-order valence-electron chi connectivity index (χ1n) is 23.3. The molecular formula is C62H48N4O. The van der Waals surface area contributed by atoms with E-state index in [0.29, 0.717) is 6.54 Å². The zero-order chi connectivity index (χ0) is 44.9. The molecule has 1 spiro atoms. The van der Waals surface area contributed by atoms with Gasteiger partial charge in [0.2, 0.25) is 0 Å². The Bertz CT molecular complexity index is 3490. The summed E-state index contributed by atoms with van der Waals surface area (Å²) in [7, 11) is 0. The van der Waals surface area contributed by atoms with Crippen LogP contribution in [0.5, 0.6) is 11.5 Å². The van der Waals surface area contributed by atoms with E-state index >= 15 is 0 Å². The van der Waals surface area contributed by atoms with Crippen LogP contribution in [0.3, 0.4) is 0 Å². The van der Waals surface area contributed by atoms with Gasteiger partial charge >= 0.3 is 0 Å². The second-order valence-electron chi connectivity index (χ2n) is 17.6. The van der Waals surface area contributed by atoms with Crippen LogP contribution in [0.4, 0.5) is 17.1 Å². The topological polar surface area (TPSA) is 42.1 Å². The number of hydrogen-bond acceptors (Lipinski definition) is 3. The summed E-state index contributed by atoms with van der Waals surface area (Å²) < 4.78 is 9.67. The van der Waals surface area contributed by atoms with Gasteiger partial charge in [-0.3, -0.25) is 4.99 Å². The van der Waals surface area contributed by atoms with Crippen molar-refractivity contribution >= 4 is 50.4 Å². The molecule has 0 bridgehead atoms. The normalized spacial score (nSPS) is 14.3. The molecular weight excluding hydrogens is 817 g/mol. The van der Waals surface area contributed by atoms with Gasteiger partial charge in [-0.15, -0.1) is 0 Å². The minimum Gasteiger partial charge on any atom is -0.456 e. The van der Waals surface area contributed by atoms with Crippen molar-refractivity contribution < 1.29 is 4.74 Å². The number of rotatable bonds is 8. The van der Waals surface area contributed by atoms with E-state index in [-0.39, 0.29) is 5.92 Å². The average molecular weight is 865 g/mol. The zero-order valence-electron chi connectivity index (χ0n) is 37.6. The SMILES string of the molecule is CCC(C)C(=NC(=NCc1cccc(-n2c3ccccc3c3c4c(ccc32)C2(c3ccccc3O4)c3ccccc3N(c3ccccc3)c3ccccc32)c1)c1ccccc1)c1ccccc1. The van der Waals surface area contributed by atoms with Crippen molar-refractivity contribution in [1.82, 2.24) is 4.57 Å². The summed E-state index contributed by atoms with van der Waals surface area (Å²) in [6.45, 7) is 4.93. The minimum absolute atomic E-state index is 0.264. The van der Waals surface area contributed by atoms with Crippen molar-refractivity contribution in [3.8, 4) is 17.2 Å². The van der Waals surface area contributed by atoms with E-state index in [4.69, 9.17) is 14.7 Å². The molecule has 10 aromatic rings. The van der Waals surface area contributed by atoms with Crippen molar-refractivity contribution in [2.24, 2.45) is 15.9 Å². The molecule has 12 rings (SSSR count). The molecule has 0 saturated heterocycles. The monoisotopic (exact) mass is 864 g/mol. The number of aliphatic imine (C=N–C) groups is 2. The Morgan fingerprint density at radius 1 is 0.537 bits per heavy atom. The summed E-state index contributed by atoms with van der Waals surface area (Å²) in [5.41, 5.74) is 14.9. The van der Waals surface area contributed by atoms with Crippen LogP contribution in [0.25, 0.3) is 27.5 Å². The van der Waals surface area contributed by atoms with Gasteiger partial charge in [-0.2, -0.15) is 0 Å². The molecule has 0 saturated carbocycles. The maximum absolute atomic E-state index is 7.28. The van der Waals surface area contributed by atoms with Gasteiger partial charge in [-0.05, 0) is 89.2 Å². The van der Waals surface area contributed by atoms with Gasteiger partial charge in [0, 0.05) is 33.5 Å². The molecule has 9 aromatic carbocycles. The number of nitrogens with zero attached hydrogens (tertiary/aromatic N) is 4. The largest absolute Gasteiger partial charge is 0.456 e. The second kappa shape index (κ2) is 16.6. The standard InChI is InChI=1S/C62H48N4O/c1-3-42(2)59(44-23-7-4-8-24-44)64-61(45-25-9-5-10-26-45)63-41-43-22-21-29-47(40-43)66-53-34-17-13-30-48(53)58-56(66)39-38-52-60(58)67-57-37-20-16-33-51(57)62(52)49-31-14-18-35-54(49)65(46-27-11-6-12-28-46)55-36-19-15-32-50(55)62/h4-40,42H,3,41H2,1-2H3. The van der Waals surface area contributed by atoms with Gasteiger partial charge in [-0.1, -0.05) is 184 Å². The number of ether oxygens (including phenoxy) is 1. The van der Waals surface area contributed by atoms with Crippen LogP contribution in [0, 0.1) is 5.92 Å². The van der Waals surface area contributed by atoms with E-state index in [1.807, 2.05) is 6.07 Å². The summed E-state index contributed by atoms with van der Waals surface area (Å²) >= 11 is 0. The first-order valence-corrected chi connectivity index (χ1v) is 23.3. The zero-order valence-corrected chi connectivity index (χ0v) is 37.6. The molecule has 2 aliphatic heterocycles. The summed E-state index contributed by atoms with van der Waals surface area (Å²) in [5, 5.41) is 2.22. The van der Waals surface area contributed by atoms with Crippen molar-refractivity contribution in [2.45, 2.75) is 32.2 Å². The first kappa shape index (κ1) is 40.2. The highest BCUT2D eigenvalue weighted by Crippen LogP contribution is 2.64. The third-order valence-corrected chi connectivity index (χ3v) is 13.8. The molecule has 5 heteroatoms. The number of hydrogen-bond donors (Lipinski definition) is 0. The fourth-order valence-electron chi connectivity index (χ4n) is 10.6. The molecule has 1 atom stereocenters. The number of aromatic nitrogens is 1. The van der Waals surface area contributed by atoms with Gasteiger partial charge in [0.1, 0.15) is 11.5 Å².